The number of guanidine groups is 1. The van der Waals surface area contributed by atoms with Crippen LogP contribution in [0.4, 0.5) is 13.2 Å². The summed E-state index contributed by atoms with van der Waals surface area (Å²) in [6.45, 7) is 5.23. The van der Waals surface area contributed by atoms with E-state index in [0.717, 1.165) is 12.8 Å². The fourth-order valence-electron chi connectivity index (χ4n) is 2.55. The van der Waals surface area contributed by atoms with Crippen LogP contribution in [-0.2, 0) is 0 Å². The van der Waals surface area contributed by atoms with Crippen molar-refractivity contribution in [2.24, 2.45) is 10.9 Å². The van der Waals surface area contributed by atoms with E-state index in [1.165, 1.54) is 0 Å². The fraction of sp³-hybridized carbons (Fsp3) is 0.800. The van der Waals surface area contributed by atoms with E-state index in [2.05, 4.69) is 15.6 Å². The van der Waals surface area contributed by atoms with Crippen molar-refractivity contribution >= 4 is 29.9 Å². The molecule has 3 nitrogen and oxygen atoms in total. The molecule has 0 aromatic carbocycles. The Bertz CT molecular complexity index is 356. The number of hydrogen-bond acceptors (Lipinski definition) is 1. The number of hydrogen-bond donors (Lipinski definition) is 2. The van der Waals surface area contributed by atoms with Crippen molar-refractivity contribution < 1.29 is 13.2 Å². The number of nitrogens with one attached hydrogen (secondary N) is 2. The second-order valence-corrected chi connectivity index (χ2v) is 5.36. The highest BCUT2D eigenvalue weighted by Gasteiger charge is 2.42. The molecule has 130 valence electrons. The number of allylic oxidation sites excluding steroid dienone is 1. The molecular weight excluding hydrogens is 406 g/mol. The zero-order chi connectivity index (χ0) is 15.7. The largest absolute Gasteiger partial charge is 0.391 e. The quantitative estimate of drug-likeness (QED) is 0.224. The Hall–Kier alpha value is -0.470. The second kappa shape index (κ2) is 11.1. The Morgan fingerprint density at radius 3 is 2.64 bits per heavy atom. The first-order valence-corrected chi connectivity index (χ1v) is 7.70. The summed E-state index contributed by atoms with van der Waals surface area (Å²) in [6.07, 6.45) is 2.51. The highest BCUT2D eigenvalue weighted by molar-refractivity contribution is 14.0. The smallest absolute Gasteiger partial charge is 0.357 e. The molecule has 1 saturated carbocycles. The van der Waals surface area contributed by atoms with Gasteiger partial charge in [0.1, 0.15) is 0 Å². The van der Waals surface area contributed by atoms with Gasteiger partial charge >= 0.3 is 6.18 Å². The minimum Gasteiger partial charge on any atom is -0.357 e. The summed E-state index contributed by atoms with van der Waals surface area (Å²) < 4.78 is 38.4. The Balaban J connectivity index is 0.00000441. The first-order valence-electron chi connectivity index (χ1n) is 7.70. The monoisotopic (exact) mass is 433 g/mol. The molecule has 2 atom stereocenters. The molecule has 0 radical (unpaired) electrons. The second-order valence-electron chi connectivity index (χ2n) is 5.36. The number of nitrogens with zero attached hydrogens (tertiary/aromatic N) is 1. The van der Waals surface area contributed by atoms with Gasteiger partial charge in [-0.25, -0.2) is 0 Å². The van der Waals surface area contributed by atoms with Crippen molar-refractivity contribution in [1.82, 2.24) is 10.6 Å². The predicted molar refractivity (Wildman–Crippen MR) is 95.8 cm³/mol. The molecule has 0 aromatic rings. The Labute approximate surface area is 148 Å². The third kappa shape index (κ3) is 8.24. The van der Waals surface area contributed by atoms with Crippen molar-refractivity contribution in [3.8, 4) is 0 Å². The van der Waals surface area contributed by atoms with Crippen molar-refractivity contribution in [2.75, 3.05) is 13.1 Å². The van der Waals surface area contributed by atoms with Gasteiger partial charge in [0.25, 0.3) is 0 Å². The summed E-state index contributed by atoms with van der Waals surface area (Å²) >= 11 is 0. The van der Waals surface area contributed by atoms with Crippen LogP contribution in [0.1, 0.15) is 46.0 Å². The van der Waals surface area contributed by atoms with Crippen LogP contribution in [0.5, 0.6) is 0 Å². The van der Waals surface area contributed by atoms with Crippen LogP contribution in [0.15, 0.2) is 17.1 Å². The standard InChI is InChI=1S/C15H26F3N3.HI/c1-3-5-6-10-20-14(19-4-2)21-13-9-7-8-12(11-13)15(16,17)18;/h3,5,12-13H,4,6-11H2,1-2H3,(H2,19,20,21);1H/b5-3+;. The first kappa shape index (κ1) is 21.5. The molecule has 1 rings (SSSR count). The summed E-state index contributed by atoms with van der Waals surface area (Å²) in [5.74, 6) is -0.565. The van der Waals surface area contributed by atoms with E-state index in [-0.39, 0.29) is 42.9 Å². The van der Waals surface area contributed by atoms with Crippen molar-refractivity contribution in [3.05, 3.63) is 12.2 Å². The molecule has 1 fully saturated rings. The van der Waals surface area contributed by atoms with Gasteiger partial charge in [-0.2, -0.15) is 13.2 Å². The molecule has 2 N–H and O–H groups in total. The van der Waals surface area contributed by atoms with Gasteiger partial charge in [-0.05, 0) is 39.5 Å². The van der Waals surface area contributed by atoms with E-state index >= 15 is 0 Å². The van der Waals surface area contributed by atoms with Gasteiger partial charge in [-0.1, -0.05) is 18.6 Å². The van der Waals surface area contributed by atoms with Crippen LogP contribution in [0.25, 0.3) is 0 Å². The zero-order valence-electron chi connectivity index (χ0n) is 13.2. The van der Waals surface area contributed by atoms with Crippen LogP contribution in [-0.4, -0.2) is 31.3 Å². The number of aliphatic imine (C=N–C) groups is 1. The summed E-state index contributed by atoms with van der Waals surface area (Å²) in [5, 5.41) is 6.24. The lowest BCUT2D eigenvalue weighted by Crippen LogP contribution is -2.46. The van der Waals surface area contributed by atoms with Crippen molar-refractivity contribution in [1.29, 1.82) is 0 Å². The maximum atomic E-state index is 12.8. The minimum atomic E-state index is -4.08. The van der Waals surface area contributed by atoms with Crippen LogP contribution in [0.3, 0.4) is 0 Å². The lowest BCUT2D eigenvalue weighted by atomic mass is 9.85. The molecule has 0 amide bonds. The van der Waals surface area contributed by atoms with Crippen LogP contribution < -0.4 is 10.6 Å². The van der Waals surface area contributed by atoms with E-state index in [4.69, 9.17) is 0 Å². The van der Waals surface area contributed by atoms with Crippen LogP contribution in [0.2, 0.25) is 0 Å². The molecule has 0 aromatic heterocycles. The van der Waals surface area contributed by atoms with E-state index in [1.807, 2.05) is 26.0 Å². The van der Waals surface area contributed by atoms with E-state index < -0.39 is 12.1 Å². The Morgan fingerprint density at radius 2 is 2.05 bits per heavy atom. The summed E-state index contributed by atoms with van der Waals surface area (Å²) in [7, 11) is 0. The number of rotatable bonds is 5. The molecular formula is C15H27F3IN3. The van der Waals surface area contributed by atoms with Gasteiger partial charge in [-0.3, -0.25) is 4.99 Å². The van der Waals surface area contributed by atoms with Gasteiger partial charge in [0, 0.05) is 19.1 Å². The Kier molecular flexibility index (Phi) is 10.9. The van der Waals surface area contributed by atoms with Crippen LogP contribution >= 0.6 is 24.0 Å². The lowest BCUT2D eigenvalue weighted by Gasteiger charge is -2.31. The van der Waals surface area contributed by atoms with Gasteiger partial charge in [0.05, 0.1) is 5.92 Å². The highest BCUT2D eigenvalue weighted by atomic mass is 127. The van der Waals surface area contributed by atoms with Crippen molar-refractivity contribution in [2.45, 2.75) is 58.2 Å². The molecule has 1 aliphatic carbocycles. The molecule has 7 heteroatoms. The Morgan fingerprint density at radius 1 is 1.32 bits per heavy atom. The minimum absolute atomic E-state index is 0. The maximum absolute atomic E-state index is 12.8. The van der Waals surface area contributed by atoms with Gasteiger partial charge < -0.3 is 10.6 Å². The summed E-state index contributed by atoms with van der Waals surface area (Å²) in [6, 6.07) is -0.148. The zero-order valence-corrected chi connectivity index (χ0v) is 15.6. The van der Waals surface area contributed by atoms with Gasteiger partial charge in [0.2, 0.25) is 0 Å². The van der Waals surface area contributed by atoms with Gasteiger partial charge in [0.15, 0.2) is 5.96 Å². The normalized spacial score (nSPS) is 23.2. The molecule has 1 aliphatic rings. The van der Waals surface area contributed by atoms with E-state index in [1.54, 1.807) is 0 Å². The molecule has 22 heavy (non-hydrogen) atoms. The predicted octanol–water partition coefficient (Wildman–Crippen LogP) is 4.25. The lowest BCUT2D eigenvalue weighted by molar-refractivity contribution is -0.183. The summed E-state index contributed by atoms with van der Waals surface area (Å²) in [4.78, 5) is 4.39. The first-order chi connectivity index (χ1) is 9.97. The molecule has 0 heterocycles. The fourth-order valence-corrected chi connectivity index (χ4v) is 2.55. The maximum Gasteiger partial charge on any atom is 0.391 e. The molecule has 0 bridgehead atoms. The molecule has 2 unspecified atom stereocenters. The summed E-state index contributed by atoms with van der Waals surface area (Å²) in [5.41, 5.74) is 0. The molecule has 0 saturated heterocycles. The average molecular weight is 433 g/mol. The van der Waals surface area contributed by atoms with Crippen LogP contribution in [0, 0.1) is 5.92 Å². The number of alkyl halides is 3. The van der Waals surface area contributed by atoms with E-state index in [9.17, 15) is 13.2 Å². The SMILES string of the molecule is C/C=C/CCN=C(NCC)NC1CCCC(C(F)(F)F)C1.I. The molecule has 0 spiro atoms. The highest BCUT2D eigenvalue weighted by Crippen LogP contribution is 2.37. The van der Waals surface area contributed by atoms with Crippen molar-refractivity contribution in [3.63, 3.8) is 0 Å². The molecule has 0 aliphatic heterocycles. The average Bonchev–Trinajstić information content (AvgIpc) is 2.43. The third-order valence-corrected chi connectivity index (χ3v) is 3.62. The number of halogens is 4. The third-order valence-electron chi connectivity index (χ3n) is 3.62. The topological polar surface area (TPSA) is 36.4 Å². The van der Waals surface area contributed by atoms with Gasteiger partial charge in [-0.15, -0.1) is 24.0 Å². The van der Waals surface area contributed by atoms with E-state index in [0.29, 0.717) is 25.5 Å².